The number of rotatable bonds is 4. The number of hydrogen-bond donors (Lipinski definition) is 0. The van der Waals surface area contributed by atoms with Gasteiger partial charge >= 0.3 is 17.8 Å². The van der Waals surface area contributed by atoms with Crippen LogP contribution in [0.2, 0.25) is 0 Å². The van der Waals surface area contributed by atoms with E-state index < -0.39 is 23.7 Å². The van der Waals surface area contributed by atoms with E-state index in [9.17, 15) is 18.8 Å². The summed E-state index contributed by atoms with van der Waals surface area (Å²) in [5, 5.41) is 0. The lowest BCUT2D eigenvalue weighted by atomic mass is 10.2. The van der Waals surface area contributed by atoms with E-state index in [1.165, 1.54) is 12.1 Å². The number of hydrogen-bond acceptors (Lipinski definition) is 3. The van der Waals surface area contributed by atoms with Crippen LogP contribution in [-0.4, -0.2) is 34.2 Å². The maximum atomic E-state index is 13.8. The summed E-state index contributed by atoms with van der Waals surface area (Å²) in [7, 11) is 0. The second-order valence-corrected chi connectivity index (χ2v) is 6.13. The second kappa shape index (κ2) is 5.93. The van der Waals surface area contributed by atoms with Gasteiger partial charge in [0.15, 0.2) is 0 Å². The predicted octanol–water partition coefficient (Wildman–Crippen LogP) is 2.54. The zero-order valence-corrected chi connectivity index (χ0v) is 13.2. The smallest absolute Gasteiger partial charge is 0.263 e. The number of imide groups is 2. The number of halogens is 2. The van der Waals surface area contributed by atoms with E-state index in [2.05, 4.69) is 15.9 Å². The van der Waals surface area contributed by atoms with E-state index in [-0.39, 0.29) is 24.6 Å². The molecule has 1 aliphatic rings. The summed E-state index contributed by atoms with van der Waals surface area (Å²) >= 11 is 3.13. The van der Waals surface area contributed by atoms with Crippen molar-refractivity contribution in [3.8, 4) is 0 Å². The van der Waals surface area contributed by atoms with Gasteiger partial charge < -0.3 is 0 Å². The maximum Gasteiger partial charge on any atom is 0.334 e. The first kappa shape index (κ1) is 15.6. The molecule has 1 saturated heterocycles. The molecule has 5 nitrogen and oxygen atoms in total. The summed E-state index contributed by atoms with van der Waals surface area (Å²) in [4.78, 5) is 37.5. The third-order valence-corrected chi connectivity index (χ3v) is 3.52. The van der Waals surface area contributed by atoms with Gasteiger partial charge in [-0.15, -0.1) is 0 Å². The van der Waals surface area contributed by atoms with Crippen LogP contribution in [0.25, 0.3) is 0 Å². The van der Waals surface area contributed by atoms with Crippen molar-refractivity contribution in [3.05, 3.63) is 34.1 Å². The molecule has 0 bridgehead atoms. The highest BCUT2D eigenvalue weighted by Crippen LogP contribution is 2.21. The minimum Gasteiger partial charge on any atom is -0.263 e. The molecular weight excluding hydrogens is 343 g/mol. The lowest BCUT2D eigenvalue weighted by Crippen LogP contribution is -2.35. The number of carbonyl (C=O) groups is 3. The van der Waals surface area contributed by atoms with Crippen LogP contribution < -0.4 is 0 Å². The summed E-state index contributed by atoms with van der Waals surface area (Å²) in [6.07, 6.45) is 0. The Morgan fingerprint density at radius 2 is 1.76 bits per heavy atom. The summed E-state index contributed by atoms with van der Waals surface area (Å²) < 4.78 is 14.3. The Morgan fingerprint density at radius 1 is 1.14 bits per heavy atom. The molecule has 0 unspecified atom stereocenters. The maximum absolute atomic E-state index is 13.8. The first-order valence-electron chi connectivity index (χ1n) is 6.42. The summed E-state index contributed by atoms with van der Waals surface area (Å²) in [6.45, 7) is 3.59. The number of benzene rings is 1. The highest BCUT2D eigenvalue weighted by molar-refractivity contribution is 9.10. The minimum absolute atomic E-state index is 0.0510. The van der Waals surface area contributed by atoms with Gasteiger partial charge in [0, 0.05) is 16.6 Å². The predicted molar refractivity (Wildman–Crippen MR) is 76.6 cm³/mol. The third-order valence-electron chi connectivity index (χ3n) is 3.03. The van der Waals surface area contributed by atoms with Crippen LogP contribution >= 0.6 is 15.9 Å². The normalized spacial score (nSPS) is 15.6. The monoisotopic (exact) mass is 356 g/mol. The molecule has 1 heterocycles. The van der Waals surface area contributed by atoms with Crippen molar-refractivity contribution >= 4 is 33.8 Å². The van der Waals surface area contributed by atoms with Crippen LogP contribution in [0.15, 0.2) is 22.7 Å². The van der Waals surface area contributed by atoms with Gasteiger partial charge in [0.25, 0.3) is 0 Å². The van der Waals surface area contributed by atoms with Crippen molar-refractivity contribution in [1.82, 2.24) is 9.80 Å². The number of nitrogens with zero attached hydrogens (tertiary/aromatic N) is 2. The SMILES string of the molecule is CC(C)CN1C(=O)C(=O)N(Cc2ccc(Br)cc2F)C1=O. The molecule has 21 heavy (non-hydrogen) atoms. The molecular formula is C14H14BrFN2O3. The van der Waals surface area contributed by atoms with Gasteiger partial charge in [-0.05, 0) is 18.1 Å². The van der Waals surface area contributed by atoms with Gasteiger partial charge in [-0.3, -0.25) is 19.4 Å². The van der Waals surface area contributed by atoms with Gasteiger partial charge in [-0.2, -0.15) is 0 Å². The van der Waals surface area contributed by atoms with Gasteiger partial charge in [-0.1, -0.05) is 35.8 Å². The van der Waals surface area contributed by atoms with Crippen LogP contribution in [0.3, 0.4) is 0 Å². The first-order chi connectivity index (χ1) is 9.81. The Hall–Kier alpha value is -1.76. The molecule has 112 valence electrons. The Balaban J connectivity index is 2.22. The minimum atomic E-state index is -0.914. The zero-order valence-electron chi connectivity index (χ0n) is 11.6. The fourth-order valence-corrected chi connectivity index (χ4v) is 2.37. The Bertz CT molecular complexity index is 618. The molecule has 2 rings (SSSR count). The largest absolute Gasteiger partial charge is 0.334 e. The Morgan fingerprint density at radius 3 is 2.33 bits per heavy atom. The molecule has 1 fully saturated rings. The van der Waals surface area contributed by atoms with Crippen molar-refractivity contribution in [2.75, 3.05) is 6.54 Å². The average Bonchev–Trinajstić information content (AvgIpc) is 2.58. The van der Waals surface area contributed by atoms with E-state index in [1.807, 2.05) is 13.8 Å². The van der Waals surface area contributed by atoms with Crippen molar-refractivity contribution in [2.24, 2.45) is 5.92 Å². The number of urea groups is 1. The number of amides is 4. The van der Waals surface area contributed by atoms with Gasteiger partial charge in [0.2, 0.25) is 0 Å². The third kappa shape index (κ3) is 3.12. The highest BCUT2D eigenvalue weighted by Gasteiger charge is 2.44. The van der Waals surface area contributed by atoms with E-state index in [1.54, 1.807) is 6.07 Å². The second-order valence-electron chi connectivity index (χ2n) is 5.22. The lowest BCUT2D eigenvalue weighted by Gasteiger charge is -2.17. The van der Waals surface area contributed by atoms with Crippen molar-refractivity contribution in [1.29, 1.82) is 0 Å². The molecule has 0 aliphatic carbocycles. The van der Waals surface area contributed by atoms with Crippen molar-refractivity contribution in [2.45, 2.75) is 20.4 Å². The zero-order chi connectivity index (χ0) is 15.7. The van der Waals surface area contributed by atoms with E-state index in [4.69, 9.17) is 0 Å². The van der Waals surface area contributed by atoms with E-state index >= 15 is 0 Å². The molecule has 1 aliphatic heterocycles. The topological polar surface area (TPSA) is 57.7 Å². The summed E-state index contributed by atoms with van der Waals surface area (Å²) in [5.74, 6) is -2.26. The van der Waals surface area contributed by atoms with Crippen LogP contribution in [0.5, 0.6) is 0 Å². The molecule has 1 aromatic rings. The van der Waals surface area contributed by atoms with Gasteiger partial charge in [-0.25, -0.2) is 9.18 Å². The van der Waals surface area contributed by atoms with Gasteiger partial charge in [0.1, 0.15) is 5.82 Å². The Kier molecular flexibility index (Phi) is 4.41. The summed E-state index contributed by atoms with van der Waals surface area (Å²) in [5.41, 5.74) is 0.180. The van der Waals surface area contributed by atoms with Crippen LogP contribution in [-0.2, 0) is 16.1 Å². The molecule has 0 saturated carbocycles. The first-order valence-corrected chi connectivity index (χ1v) is 7.21. The molecule has 0 spiro atoms. The molecule has 0 N–H and O–H groups in total. The fraction of sp³-hybridized carbons (Fsp3) is 0.357. The highest BCUT2D eigenvalue weighted by atomic mass is 79.9. The standard InChI is InChI=1S/C14H14BrFN2O3/c1-8(2)6-17-12(19)13(20)18(14(17)21)7-9-3-4-10(15)5-11(9)16/h3-5,8H,6-7H2,1-2H3. The van der Waals surface area contributed by atoms with Crippen LogP contribution in [0, 0.1) is 11.7 Å². The van der Waals surface area contributed by atoms with Crippen LogP contribution in [0.1, 0.15) is 19.4 Å². The molecule has 0 radical (unpaired) electrons. The Labute approximate surface area is 129 Å². The van der Waals surface area contributed by atoms with Crippen LogP contribution in [0.4, 0.5) is 9.18 Å². The molecule has 1 aromatic carbocycles. The quantitative estimate of drug-likeness (QED) is 0.615. The fourth-order valence-electron chi connectivity index (χ4n) is 2.04. The average molecular weight is 357 g/mol. The van der Waals surface area contributed by atoms with Crippen molar-refractivity contribution in [3.63, 3.8) is 0 Å². The van der Waals surface area contributed by atoms with Gasteiger partial charge in [0.05, 0.1) is 6.54 Å². The molecule has 0 aromatic heterocycles. The molecule has 4 amide bonds. The summed E-state index contributed by atoms with van der Waals surface area (Å²) in [6, 6.07) is 3.63. The van der Waals surface area contributed by atoms with Crippen molar-refractivity contribution < 1.29 is 18.8 Å². The van der Waals surface area contributed by atoms with E-state index in [0.29, 0.717) is 4.47 Å². The number of carbonyl (C=O) groups excluding carboxylic acids is 3. The lowest BCUT2D eigenvalue weighted by molar-refractivity contribution is -0.143. The molecule has 0 atom stereocenters. The molecule has 7 heteroatoms. The van der Waals surface area contributed by atoms with E-state index in [0.717, 1.165) is 9.80 Å².